The summed E-state index contributed by atoms with van der Waals surface area (Å²) in [5, 5.41) is 34.5. The van der Waals surface area contributed by atoms with Crippen LogP contribution in [0, 0.1) is 16.0 Å². The smallest absolute Gasteiger partial charge is 0.270 e. The van der Waals surface area contributed by atoms with Crippen LogP contribution in [-0.4, -0.2) is 74.8 Å². The predicted octanol–water partition coefficient (Wildman–Crippen LogP) is 3.40. The first kappa shape index (κ1) is 24.6. The number of nitro groups is 1. The average Bonchev–Trinajstić information content (AvgIpc) is 3.67. The van der Waals surface area contributed by atoms with Crippen LogP contribution in [-0.2, 0) is 16.6 Å². The highest BCUT2D eigenvalue weighted by atomic mass is 16.6. The molecule has 2 aliphatic heterocycles. The molecule has 3 fully saturated rings. The van der Waals surface area contributed by atoms with Crippen LogP contribution in [0.1, 0.15) is 48.8 Å². The number of aliphatic hydroxyl groups is 1. The van der Waals surface area contributed by atoms with Crippen molar-refractivity contribution >= 4 is 17.7 Å². The van der Waals surface area contributed by atoms with E-state index in [1.54, 1.807) is 36.2 Å². The van der Waals surface area contributed by atoms with Gasteiger partial charge in [0.2, 0.25) is 5.91 Å². The minimum atomic E-state index is -1.00. The number of non-ortho nitro benzene ring substituents is 1. The van der Waals surface area contributed by atoms with Crippen molar-refractivity contribution < 1.29 is 24.7 Å². The molecule has 2 bridgehead atoms. The van der Waals surface area contributed by atoms with Gasteiger partial charge in [0.15, 0.2) is 11.5 Å². The Balaban J connectivity index is 1.22. The summed E-state index contributed by atoms with van der Waals surface area (Å²) in [5.74, 6) is 1.02. The number of aromatic hydroxyl groups is 1. The van der Waals surface area contributed by atoms with E-state index in [1.807, 2.05) is 6.07 Å². The van der Waals surface area contributed by atoms with Gasteiger partial charge in [-0.05, 0) is 74.3 Å². The topological polar surface area (TPSA) is 116 Å². The Morgan fingerprint density at radius 3 is 2.85 bits per heavy atom. The van der Waals surface area contributed by atoms with Crippen molar-refractivity contribution in [3.05, 3.63) is 69.3 Å². The van der Waals surface area contributed by atoms with Gasteiger partial charge in [0.25, 0.3) is 5.69 Å². The number of nitro benzene ring substituents is 1. The third kappa shape index (κ3) is 3.49. The van der Waals surface area contributed by atoms with E-state index >= 15 is 0 Å². The molecule has 3 aliphatic carbocycles. The SMILES string of the molecule is CN(C(=O)/C=C/c1cccc([N+](=O)[O-])c1)C1CCC2(O)[C@@H]3Cc4ccc(O)c5c4[C@@]2(CCN3CC2CC2)C1O5. The Morgan fingerprint density at radius 2 is 2.08 bits per heavy atom. The third-order valence-corrected chi connectivity index (χ3v) is 10.1. The van der Waals surface area contributed by atoms with Gasteiger partial charge >= 0.3 is 0 Å². The standard InChI is InChI=1S/C30H33N3O6/c1-31(25(35)10-7-18-3-2-4-21(15-18)33(37)38)22-11-12-30(36)24-16-20-8-9-23(34)27-26(20)29(30,28(22)39-27)13-14-32(24)17-19-5-6-19/h2-4,7-10,15,19,22,24,28,34,36H,5-6,11-14,16-17H2,1H3/b10-7+/t22?,24-,28?,29-,30?/m0/s1. The van der Waals surface area contributed by atoms with Gasteiger partial charge in [0.05, 0.1) is 22.0 Å². The number of amides is 1. The summed E-state index contributed by atoms with van der Waals surface area (Å²) >= 11 is 0. The fourth-order valence-corrected chi connectivity index (χ4v) is 8.04. The molecule has 39 heavy (non-hydrogen) atoms. The molecule has 9 heteroatoms. The van der Waals surface area contributed by atoms with Crippen molar-refractivity contribution in [1.82, 2.24) is 9.80 Å². The number of benzene rings is 2. The molecule has 9 nitrogen and oxygen atoms in total. The van der Waals surface area contributed by atoms with Crippen LogP contribution in [0.4, 0.5) is 5.69 Å². The van der Waals surface area contributed by atoms with E-state index in [4.69, 9.17) is 4.74 Å². The van der Waals surface area contributed by atoms with Gasteiger partial charge in [-0.15, -0.1) is 0 Å². The van der Waals surface area contributed by atoms with Crippen LogP contribution >= 0.6 is 0 Å². The summed E-state index contributed by atoms with van der Waals surface area (Å²) in [6.07, 6.45) is 7.62. The van der Waals surface area contributed by atoms with Crippen LogP contribution in [0.25, 0.3) is 6.08 Å². The van der Waals surface area contributed by atoms with Crippen molar-refractivity contribution in [3.63, 3.8) is 0 Å². The quantitative estimate of drug-likeness (QED) is 0.333. The molecule has 0 radical (unpaired) electrons. The fourth-order valence-electron chi connectivity index (χ4n) is 8.04. The van der Waals surface area contributed by atoms with E-state index in [0.29, 0.717) is 36.5 Å². The van der Waals surface area contributed by atoms with E-state index in [0.717, 1.165) is 30.6 Å². The van der Waals surface area contributed by atoms with E-state index in [-0.39, 0.29) is 29.4 Å². The third-order valence-electron chi connectivity index (χ3n) is 10.1. The maximum Gasteiger partial charge on any atom is 0.270 e. The van der Waals surface area contributed by atoms with Gasteiger partial charge in [-0.3, -0.25) is 19.8 Å². The van der Waals surface area contributed by atoms with Gasteiger partial charge in [-0.25, -0.2) is 0 Å². The second kappa shape index (κ2) is 8.53. The Kier molecular flexibility index (Phi) is 5.38. The highest BCUT2D eigenvalue weighted by molar-refractivity contribution is 5.92. The average molecular weight is 532 g/mol. The Bertz CT molecular complexity index is 1410. The number of hydrogen-bond acceptors (Lipinski definition) is 7. The number of ether oxygens (including phenoxy) is 1. The molecule has 2 aromatic rings. The molecule has 2 heterocycles. The summed E-state index contributed by atoms with van der Waals surface area (Å²) in [6.45, 7) is 1.87. The number of carbonyl (C=O) groups is 1. The van der Waals surface area contributed by atoms with E-state index in [2.05, 4.69) is 4.90 Å². The van der Waals surface area contributed by atoms with Gasteiger partial charge in [0, 0.05) is 43.4 Å². The highest BCUT2D eigenvalue weighted by Crippen LogP contribution is 2.66. The molecule has 2 saturated carbocycles. The number of likely N-dealkylation sites (N-methyl/N-ethyl adjacent to an activating group) is 1. The minimum Gasteiger partial charge on any atom is -0.504 e. The van der Waals surface area contributed by atoms with Gasteiger partial charge in [-0.2, -0.15) is 0 Å². The lowest BCUT2D eigenvalue weighted by atomic mass is 9.48. The van der Waals surface area contributed by atoms with Crippen molar-refractivity contribution in [2.24, 2.45) is 5.92 Å². The van der Waals surface area contributed by atoms with Gasteiger partial charge in [0.1, 0.15) is 6.10 Å². The maximum atomic E-state index is 13.4. The maximum absolute atomic E-state index is 13.4. The zero-order chi connectivity index (χ0) is 27.1. The largest absolute Gasteiger partial charge is 0.504 e. The number of likely N-dealkylation sites (tertiary alicyclic amines) is 1. The second-order valence-corrected chi connectivity index (χ2v) is 12.0. The molecule has 5 atom stereocenters. The number of nitrogens with zero attached hydrogens (tertiary/aromatic N) is 3. The van der Waals surface area contributed by atoms with Gasteiger partial charge < -0.3 is 19.8 Å². The summed E-state index contributed by atoms with van der Waals surface area (Å²) in [7, 11) is 1.75. The summed E-state index contributed by atoms with van der Waals surface area (Å²) in [5.41, 5.74) is 0.906. The second-order valence-electron chi connectivity index (χ2n) is 12.0. The number of phenols is 1. The molecule has 3 unspecified atom stereocenters. The molecule has 0 aromatic heterocycles. The van der Waals surface area contributed by atoms with Crippen molar-refractivity contribution in [2.75, 3.05) is 20.1 Å². The van der Waals surface area contributed by atoms with Crippen molar-refractivity contribution in [2.45, 2.75) is 67.7 Å². The Hall–Kier alpha value is -3.43. The van der Waals surface area contributed by atoms with E-state index in [1.165, 1.54) is 31.1 Å². The summed E-state index contributed by atoms with van der Waals surface area (Å²) in [4.78, 5) is 28.2. The number of phenolic OH excluding ortho intramolecular Hbond substituents is 1. The van der Waals surface area contributed by atoms with E-state index in [9.17, 15) is 25.1 Å². The lowest BCUT2D eigenvalue weighted by molar-refractivity contribution is -0.384. The Labute approximate surface area is 226 Å². The molecule has 2 aromatic carbocycles. The minimum absolute atomic E-state index is 0.0170. The molecular formula is C30H33N3O6. The first-order valence-electron chi connectivity index (χ1n) is 13.9. The lowest BCUT2D eigenvalue weighted by Gasteiger charge is -2.64. The van der Waals surface area contributed by atoms with Crippen LogP contribution in [0.2, 0.25) is 0 Å². The van der Waals surface area contributed by atoms with Crippen molar-refractivity contribution in [1.29, 1.82) is 0 Å². The van der Waals surface area contributed by atoms with E-state index < -0.39 is 22.0 Å². The monoisotopic (exact) mass is 531 g/mol. The molecule has 2 N–H and O–H groups in total. The first-order chi connectivity index (χ1) is 18.7. The van der Waals surface area contributed by atoms with Crippen LogP contribution < -0.4 is 4.74 Å². The number of rotatable bonds is 6. The molecular weight excluding hydrogens is 498 g/mol. The molecule has 5 aliphatic rings. The highest BCUT2D eigenvalue weighted by Gasteiger charge is 2.73. The molecule has 7 rings (SSSR count). The predicted molar refractivity (Wildman–Crippen MR) is 143 cm³/mol. The number of piperidine rings is 1. The normalized spacial score (nSPS) is 32.5. The summed E-state index contributed by atoms with van der Waals surface area (Å²) < 4.78 is 6.57. The van der Waals surface area contributed by atoms with Crippen LogP contribution in [0.15, 0.2) is 42.5 Å². The molecule has 1 spiro atoms. The fraction of sp³-hybridized carbons (Fsp3) is 0.500. The number of hydrogen-bond donors (Lipinski definition) is 2. The zero-order valence-electron chi connectivity index (χ0n) is 22.0. The molecule has 1 saturated heterocycles. The van der Waals surface area contributed by atoms with Crippen LogP contribution in [0.5, 0.6) is 11.5 Å². The molecule has 1 amide bonds. The van der Waals surface area contributed by atoms with Crippen LogP contribution in [0.3, 0.4) is 0 Å². The molecule has 204 valence electrons. The first-order valence-corrected chi connectivity index (χ1v) is 13.9. The van der Waals surface area contributed by atoms with Crippen molar-refractivity contribution in [3.8, 4) is 11.5 Å². The number of carbonyl (C=O) groups excluding carboxylic acids is 1. The summed E-state index contributed by atoms with van der Waals surface area (Å²) in [6, 6.07) is 9.51. The zero-order valence-corrected chi connectivity index (χ0v) is 22.0. The lowest BCUT2D eigenvalue weighted by Crippen LogP contribution is -2.78. The Morgan fingerprint density at radius 1 is 1.26 bits per heavy atom. The van der Waals surface area contributed by atoms with Gasteiger partial charge in [-0.1, -0.05) is 18.2 Å².